The Kier molecular flexibility index (Phi) is 5.66. The Bertz CT molecular complexity index is 1190. The van der Waals surface area contributed by atoms with E-state index in [1.54, 1.807) is 12.5 Å². The zero-order chi connectivity index (χ0) is 23.0. The summed E-state index contributed by atoms with van der Waals surface area (Å²) in [6.07, 6.45) is 13.3. The van der Waals surface area contributed by atoms with E-state index in [2.05, 4.69) is 47.1 Å². The molecule has 0 bridgehead atoms. The highest BCUT2D eigenvalue weighted by molar-refractivity contribution is 5.92. The zero-order valence-corrected chi connectivity index (χ0v) is 19.7. The monoisotopic (exact) mass is 456 g/mol. The Labute approximate surface area is 200 Å². The minimum Gasteiger partial charge on any atom is -0.354 e. The van der Waals surface area contributed by atoms with Crippen LogP contribution in [0.1, 0.15) is 57.1 Å². The van der Waals surface area contributed by atoms with Gasteiger partial charge in [-0.05, 0) is 44.1 Å². The molecule has 0 atom stereocenters. The fraction of sp³-hybridized carbons (Fsp3) is 0.577. The smallest absolute Gasteiger partial charge is 0.132 e. The number of fused-ring (bicyclic) bond motifs is 1. The molecule has 3 aromatic heterocycles. The lowest BCUT2D eigenvalue weighted by Gasteiger charge is -2.37. The van der Waals surface area contributed by atoms with Crippen LogP contribution in [-0.2, 0) is 5.41 Å². The molecule has 176 valence electrons. The summed E-state index contributed by atoms with van der Waals surface area (Å²) < 4.78 is 0. The van der Waals surface area contributed by atoms with Crippen LogP contribution in [-0.4, -0.2) is 62.8 Å². The molecule has 2 saturated carbocycles. The highest BCUT2D eigenvalue weighted by Gasteiger charge is 2.40. The Morgan fingerprint density at radius 2 is 1.82 bits per heavy atom. The van der Waals surface area contributed by atoms with E-state index in [1.807, 2.05) is 6.07 Å². The summed E-state index contributed by atoms with van der Waals surface area (Å²) in [5.41, 5.74) is 2.86. The topological polar surface area (TPSA) is 97.6 Å². The average Bonchev–Trinajstić information content (AvgIpc) is 3.29. The first-order chi connectivity index (χ1) is 16.7. The lowest BCUT2D eigenvalue weighted by atomic mass is 9.67. The van der Waals surface area contributed by atoms with Crippen molar-refractivity contribution < 1.29 is 0 Å². The molecule has 4 heterocycles. The number of nitrogens with zero attached hydrogens (tertiary/aromatic N) is 7. The molecule has 1 aliphatic heterocycles. The van der Waals surface area contributed by atoms with Crippen molar-refractivity contribution in [3.05, 3.63) is 30.4 Å². The number of piperazine rings is 1. The SMILES string of the molecule is N#CC1(c2cc3c(-c4cc(N5CCN(CC6CCCCC6)CC5)ncn4)n[nH]c3cn2)CCC1. The number of rotatable bonds is 5. The van der Waals surface area contributed by atoms with Gasteiger partial charge < -0.3 is 4.90 Å². The number of aromatic amines is 1. The molecular weight excluding hydrogens is 424 g/mol. The number of H-pyrrole nitrogens is 1. The minimum atomic E-state index is -0.448. The van der Waals surface area contributed by atoms with E-state index < -0.39 is 5.41 Å². The normalized spacial score (nSPS) is 21.3. The Hall–Kier alpha value is -3.05. The highest BCUT2D eigenvalue weighted by Crippen LogP contribution is 2.43. The molecular formula is C26H32N8. The number of aromatic nitrogens is 5. The van der Waals surface area contributed by atoms with Gasteiger partial charge in [-0.3, -0.25) is 15.0 Å². The summed E-state index contributed by atoms with van der Waals surface area (Å²) in [7, 11) is 0. The van der Waals surface area contributed by atoms with Crippen molar-refractivity contribution in [1.82, 2.24) is 30.0 Å². The molecule has 0 radical (unpaired) electrons. The van der Waals surface area contributed by atoms with E-state index in [0.29, 0.717) is 0 Å². The van der Waals surface area contributed by atoms with Gasteiger partial charge in [0.05, 0.1) is 34.6 Å². The van der Waals surface area contributed by atoms with Crippen LogP contribution in [0.3, 0.4) is 0 Å². The van der Waals surface area contributed by atoms with Crippen molar-refractivity contribution in [2.45, 2.75) is 56.8 Å². The van der Waals surface area contributed by atoms with Gasteiger partial charge in [-0.2, -0.15) is 10.4 Å². The van der Waals surface area contributed by atoms with Crippen molar-refractivity contribution >= 4 is 16.7 Å². The molecule has 3 fully saturated rings. The summed E-state index contributed by atoms with van der Waals surface area (Å²) in [4.78, 5) is 18.7. The van der Waals surface area contributed by atoms with Crippen LogP contribution >= 0.6 is 0 Å². The molecule has 3 aromatic rings. The second-order valence-corrected chi connectivity index (χ2v) is 10.3. The second kappa shape index (κ2) is 8.95. The summed E-state index contributed by atoms with van der Waals surface area (Å²) in [5.74, 6) is 1.85. The maximum atomic E-state index is 9.75. The van der Waals surface area contributed by atoms with Crippen LogP contribution in [0.25, 0.3) is 22.3 Å². The molecule has 0 unspecified atom stereocenters. The largest absolute Gasteiger partial charge is 0.354 e. The quantitative estimate of drug-likeness (QED) is 0.618. The summed E-state index contributed by atoms with van der Waals surface area (Å²) in [6, 6.07) is 6.58. The van der Waals surface area contributed by atoms with Gasteiger partial charge in [0.1, 0.15) is 17.8 Å². The van der Waals surface area contributed by atoms with Gasteiger partial charge in [0.25, 0.3) is 0 Å². The van der Waals surface area contributed by atoms with Crippen LogP contribution in [0.2, 0.25) is 0 Å². The first-order valence-corrected chi connectivity index (χ1v) is 12.8. The molecule has 3 aliphatic rings. The van der Waals surface area contributed by atoms with Gasteiger partial charge in [0.15, 0.2) is 0 Å². The van der Waals surface area contributed by atoms with E-state index in [4.69, 9.17) is 0 Å². The standard InChI is InChI=1S/C26H32N8/c27-17-26(7-4-8-26)23-13-20-22(15-28-23)31-32-25(20)21-14-24(30-18-29-21)34-11-9-33(10-12-34)16-19-5-2-1-3-6-19/h13-15,18-19H,1-12,16H2,(H,31,32). The number of hydrogen-bond donors (Lipinski definition) is 1. The summed E-state index contributed by atoms with van der Waals surface area (Å²) in [5, 5.41) is 18.4. The van der Waals surface area contributed by atoms with Gasteiger partial charge in [-0.15, -0.1) is 0 Å². The maximum absolute atomic E-state index is 9.75. The van der Waals surface area contributed by atoms with Crippen molar-refractivity contribution in [3.8, 4) is 17.5 Å². The minimum absolute atomic E-state index is 0.448. The maximum Gasteiger partial charge on any atom is 0.132 e. The van der Waals surface area contributed by atoms with Gasteiger partial charge in [0, 0.05) is 44.2 Å². The third kappa shape index (κ3) is 3.92. The van der Waals surface area contributed by atoms with Crippen molar-refractivity contribution in [2.24, 2.45) is 5.92 Å². The number of nitriles is 1. The third-order valence-corrected chi connectivity index (χ3v) is 8.19. The molecule has 0 amide bonds. The second-order valence-electron chi connectivity index (χ2n) is 10.3. The van der Waals surface area contributed by atoms with E-state index >= 15 is 0 Å². The van der Waals surface area contributed by atoms with Crippen LogP contribution in [0, 0.1) is 17.2 Å². The first kappa shape index (κ1) is 21.5. The predicted molar refractivity (Wildman–Crippen MR) is 131 cm³/mol. The van der Waals surface area contributed by atoms with E-state index in [0.717, 1.165) is 85.2 Å². The molecule has 1 saturated heterocycles. The highest BCUT2D eigenvalue weighted by atomic mass is 15.3. The number of anilines is 1. The third-order valence-electron chi connectivity index (χ3n) is 8.19. The molecule has 8 nitrogen and oxygen atoms in total. The Balaban J connectivity index is 1.19. The first-order valence-electron chi connectivity index (χ1n) is 12.8. The average molecular weight is 457 g/mol. The summed E-state index contributed by atoms with van der Waals surface area (Å²) in [6.45, 7) is 5.41. The van der Waals surface area contributed by atoms with Crippen LogP contribution in [0.5, 0.6) is 0 Å². The molecule has 1 N–H and O–H groups in total. The van der Waals surface area contributed by atoms with Crippen LogP contribution < -0.4 is 4.90 Å². The van der Waals surface area contributed by atoms with E-state index in [9.17, 15) is 5.26 Å². The van der Waals surface area contributed by atoms with Gasteiger partial charge in [-0.1, -0.05) is 19.3 Å². The zero-order valence-electron chi connectivity index (χ0n) is 19.7. The molecule has 0 aromatic carbocycles. The van der Waals surface area contributed by atoms with E-state index in [1.165, 1.54) is 38.6 Å². The van der Waals surface area contributed by atoms with Gasteiger partial charge in [-0.25, -0.2) is 9.97 Å². The number of pyridine rings is 1. The molecule has 8 heteroatoms. The van der Waals surface area contributed by atoms with Crippen LogP contribution in [0.15, 0.2) is 24.7 Å². The van der Waals surface area contributed by atoms with Crippen molar-refractivity contribution in [2.75, 3.05) is 37.6 Å². The molecule has 2 aliphatic carbocycles. The fourth-order valence-electron chi connectivity index (χ4n) is 5.87. The van der Waals surface area contributed by atoms with Crippen molar-refractivity contribution in [3.63, 3.8) is 0 Å². The van der Waals surface area contributed by atoms with Gasteiger partial charge in [0.2, 0.25) is 0 Å². The summed E-state index contributed by atoms with van der Waals surface area (Å²) >= 11 is 0. The lowest BCUT2D eigenvalue weighted by Crippen LogP contribution is -2.48. The lowest BCUT2D eigenvalue weighted by molar-refractivity contribution is 0.192. The van der Waals surface area contributed by atoms with Crippen LogP contribution in [0.4, 0.5) is 5.82 Å². The van der Waals surface area contributed by atoms with Gasteiger partial charge >= 0.3 is 0 Å². The molecule has 6 rings (SSSR count). The Morgan fingerprint density at radius 3 is 2.56 bits per heavy atom. The fourth-order valence-corrected chi connectivity index (χ4v) is 5.87. The molecule has 34 heavy (non-hydrogen) atoms. The predicted octanol–water partition coefficient (Wildman–Crippen LogP) is 4.06. The number of nitrogens with one attached hydrogen (secondary N) is 1. The Morgan fingerprint density at radius 1 is 1.00 bits per heavy atom. The van der Waals surface area contributed by atoms with E-state index in [-0.39, 0.29) is 0 Å². The number of hydrogen-bond acceptors (Lipinski definition) is 7. The van der Waals surface area contributed by atoms with Crippen molar-refractivity contribution in [1.29, 1.82) is 5.26 Å². The molecule has 0 spiro atoms.